The number of hydrogen-bond acceptors (Lipinski definition) is 10. The summed E-state index contributed by atoms with van der Waals surface area (Å²) in [6.07, 6.45) is 69.8. The molecule has 1 saturated heterocycles. The van der Waals surface area contributed by atoms with Crippen LogP contribution in [0.5, 0.6) is 0 Å². The minimum Gasteiger partial charge on any atom is -0.466 e. The number of carbonyl (C=O) groups excluding carboxylic acids is 2. The first kappa shape index (κ1) is 78.6. The standard InChI is InChI=1S/C72H133NO10/c1-3-5-7-9-11-13-14-15-16-17-31-34-37-40-44-48-52-56-60-68(77)81-61-57-53-49-45-41-38-35-32-29-27-25-23-21-19-18-20-22-24-26-28-30-33-36-39-43-47-51-55-59-67(76)73-64(65(75)58-54-50-46-42-12-10-8-6-4-2)63-82-72-71(80)70(79)69(78)66(62-74)83-72/h12,16-19,42,54,58,64-66,69-72,74-75,78-80H,3-11,13-15,20-41,43-53,55-57,59-63H2,1-2H3,(H,73,76)/b17-16-,19-18-,42-12+,58-54+. The summed E-state index contributed by atoms with van der Waals surface area (Å²) in [5.74, 6) is -0.190. The van der Waals surface area contributed by atoms with Crippen LogP contribution in [0, 0.1) is 0 Å². The van der Waals surface area contributed by atoms with E-state index in [1.165, 1.54) is 250 Å². The lowest BCUT2D eigenvalue weighted by Crippen LogP contribution is -2.60. The number of aliphatic hydroxyl groups is 5. The Bertz CT molecular complexity index is 1520. The molecule has 0 radical (unpaired) electrons. The van der Waals surface area contributed by atoms with E-state index in [4.69, 9.17) is 14.2 Å². The normalized spacial score (nSPS) is 18.4. The largest absolute Gasteiger partial charge is 0.466 e. The molecule has 1 rings (SSSR count). The van der Waals surface area contributed by atoms with Gasteiger partial charge in [-0.15, -0.1) is 0 Å². The van der Waals surface area contributed by atoms with Crippen molar-refractivity contribution in [3.63, 3.8) is 0 Å². The van der Waals surface area contributed by atoms with Gasteiger partial charge in [-0.1, -0.05) is 274 Å². The van der Waals surface area contributed by atoms with Gasteiger partial charge in [-0.2, -0.15) is 0 Å². The molecular weight excluding hydrogens is 1040 g/mol. The summed E-state index contributed by atoms with van der Waals surface area (Å²) in [5, 5.41) is 54.2. The summed E-state index contributed by atoms with van der Waals surface area (Å²) < 4.78 is 16.7. The monoisotopic (exact) mass is 1170 g/mol. The van der Waals surface area contributed by atoms with E-state index in [1.807, 2.05) is 6.08 Å². The number of amides is 1. The van der Waals surface area contributed by atoms with Gasteiger partial charge in [0.05, 0.1) is 32.0 Å². The Morgan fingerprint density at radius 3 is 1.22 bits per heavy atom. The molecule has 0 bridgehead atoms. The van der Waals surface area contributed by atoms with E-state index >= 15 is 0 Å². The van der Waals surface area contributed by atoms with Crippen molar-refractivity contribution in [1.29, 1.82) is 0 Å². The average molecular weight is 1170 g/mol. The van der Waals surface area contributed by atoms with Crippen LogP contribution in [0.4, 0.5) is 0 Å². The van der Waals surface area contributed by atoms with Gasteiger partial charge in [-0.3, -0.25) is 9.59 Å². The van der Waals surface area contributed by atoms with E-state index in [0.717, 1.165) is 57.8 Å². The van der Waals surface area contributed by atoms with Crippen molar-refractivity contribution in [3.8, 4) is 0 Å². The SMILES string of the molecule is CCCCC/C=C/CC/C=C/C(O)C(COC1OC(CO)C(O)C(O)C1O)NC(=O)CCCCCCCCCCCCCC/C=C\CCCCCCCCCCCCCCOC(=O)CCCCCCCCC/C=C\CCCCCCCCC. The second-order valence-corrected chi connectivity index (χ2v) is 24.6. The number of nitrogens with one attached hydrogen (secondary N) is 1. The number of ether oxygens (including phenoxy) is 3. The van der Waals surface area contributed by atoms with Crippen molar-refractivity contribution in [2.75, 3.05) is 19.8 Å². The lowest BCUT2D eigenvalue weighted by Gasteiger charge is -2.40. The molecule has 486 valence electrons. The minimum atomic E-state index is -1.58. The molecule has 7 unspecified atom stereocenters. The fourth-order valence-electron chi connectivity index (χ4n) is 11.0. The van der Waals surface area contributed by atoms with Crippen LogP contribution < -0.4 is 5.32 Å². The second kappa shape index (κ2) is 61.3. The highest BCUT2D eigenvalue weighted by molar-refractivity contribution is 5.76. The Morgan fingerprint density at radius 1 is 0.434 bits per heavy atom. The number of hydrogen-bond donors (Lipinski definition) is 6. The maximum atomic E-state index is 13.0. The van der Waals surface area contributed by atoms with Crippen molar-refractivity contribution in [2.24, 2.45) is 0 Å². The molecule has 11 heteroatoms. The Labute approximate surface area is 510 Å². The summed E-state index contributed by atoms with van der Waals surface area (Å²) in [4.78, 5) is 25.1. The molecule has 0 aromatic carbocycles. The molecule has 0 aliphatic carbocycles. The summed E-state index contributed by atoms with van der Waals surface area (Å²) in [6, 6.07) is -0.827. The number of allylic oxidation sites excluding steroid dienone is 7. The first-order chi connectivity index (χ1) is 40.7. The molecule has 11 nitrogen and oxygen atoms in total. The van der Waals surface area contributed by atoms with Gasteiger partial charge in [0.2, 0.25) is 5.91 Å². The lowest BCUT2D eigenvalue weighted by atomic mass is 9.99. The zero-order chi connectivity index (χ0) is 60.2. The summed E-state index contributed by atoms with van der Waals surface area (Å²) in [5.41, 5.74) is 0. The number of aliphatic hydroxyl groups excluding tert-OH is 5. The smallest absolute Gasteiger partial charge is 0.305 e. The fourth-order valence-corrected chi connectivity index (χ4v) is 11.0. The zero-order valence-electron chi connectivity index (χ0n) is 53.9. The third-order valence-corrected chi connectivity index (χ3v) is 16.6. The molecule has 7 atom stereocenters. The van der Waals surface area contributed by atoms with Crippen LogP contribution >= 0.6 is 0 Å². The quantitative estimate of drug-likeness (QED) is 0.0195. The van der Waals surface area contributed by atoms with Crippen LogP contribution in [0.15, 0.2) is 48.6 Å². The van der Waals surface area contributed by atoms with Gasteiger partial charge in [-0.05, 0) is 96.3 Å². The third kappa shape index (κ3) is 50.3. The van der Waals surface area contributed by atoms with Crippen molar-refractivity contribution in [3.05, 3.63) is 48.6 Å². The molecule has 0 aromatic heterocycles. The number of unbranched alkanes of at least 4 members (excludes halogenated alkanes) is 42. The van der Waals surface area contributed by atoms with Crippen molar-refractivity contribution in [1.82, 2.24) is 5.32 Å². The predicted octanol–water partition coefficient (Wildman–Crippen LogP) is 18.0. The Hall–Kier alpha value is -2.38. The third-order valence-electron chi connectivity index (χ3n) is 16.6. The number of carbonyl (C=O) groups is 2. The molecule has 6 N–H and O–H groups in total. The lowest BCUT2D eigenvalue weighted by molar-refractivity contribution is -0.302. The average Bonchev–Trinajstić information content (AvgIpc) is 3.57. The Morgan fingerprint density at radius 2 is 0.783 bits per heavy atom. The van der Waals surface area contributed by atoms with Gasteiger partial charge in [0, 0.05) is 12.8 Å². The highest BCUT2D eigenvalue weighted by Crippen LogP contribution is 2.23. The van der Waals surface area contributed by atoms with E-state index in [1.54, 1.807) is 6.08 Å². The van der Waals surface area contributed by atoms with Crippen LogP contribution in [-0.4, -0.2) is 100 Å². The molecule has 1 amide bonds. The second-order valence-electron chi connectivity index (χ2n) is 24.6. The molecule has 0 saturated carbocycles. The van der Waals surface area contributed by atoms with Crippen molar-refractivity contribution < 1.29 is 49.3 Å². The molecule has 1 heterocycles. The summed E-state index contributed by atoms with van der Waals surface area (Å²) in [6.45, 7) is 4.29. The molecule has 1 aliphatic heterocycles. The van der Waals surface area contributed by atoms with E-state index in [9.17, 15) is 35.1 Å². The maximum Gasteiger partial charge on any atom is 0.305 e. The van der Waals surface area contributed by atoms with Gasteiger partial charge < -0.3 is 45.1 Å². The van der Waals surface area contributed by atoms with E-state index in [2.05, 4.69) is 55.6 Å². The van der Waals surface area contributed by atoms with Crippen LogP contribution in [0.2, 0.25) is 0 Å². The van der Waals surface area contributed by atoms with Gasteiger partial charge in [0.25, 0.3) is 0 Å². The summed E-state index contributed by atoms with van der Waals surface area (Å²) in [7, 11) is 0. The molecular formula is C72H133NO10. The zero-order valence-corrected chi connectivity index (χ0v) is 53.9. The van der Waals surface area contributed by atoms with E-state index in [-0.39, 0.29) is 18.5 Å². The minimum absolute atomic E-state index is 0.00354. The maximum absolute atomic E-state index is 13.0. The number of esters is 1. The topological polar surface area (TPSA) is 175 Å². The fraction of sp³-hybridized carbons (Fsp3) is 0.861. The highest BCUT2D eigenvalue weighted by Gasteiger charge is 2.44. The van der Waals surface area contributed by atoms with Crippen LogP contribution in [-0.2, 0) is 23.8 Å². The van der Waals surface area contributed by atoms with Gasteiger partial charge in [0.1, 0.15) is 24.4 Å². The molecule has 0 spiro atoms. The number of rotatable bonds is 62. The Balaban J connectivity index is 1.91. The molecule has 83 heavy (non-hydrogen) atoms. The van der Waals surface area contributed by atoms with E-state index in [0.29, 0.717) is 19.4 Å². The van der Waals surface area contributed by atoms with Gasteiger partial charge >= 0.3 is 5.97 Å². The van der Waals surface area contributed by atoms with Crippen LogP contribution in [0.25, 0.3) is 0 Å². The van der Waals surface area contributed by atoms with Crippen molar-refractivity contribution >= 4 is 11.9 Å². The molecule has 0 aromatic rings. The Kier molecular flexibility index (Phi) is 58.0. The van der Waals surface area contributed by atoms with Gasteiger partial charge in [-0.25, -0.2) is 0 Å². The molecule has 1 aliphatic rings. The van der Waals surface area contributed by atoms with E-state index < -0.39 is 49.5 Å². The first-order valence-corrected chi connectivity index (χ1v) is 35.4. The van der Waals surface area contributed by atoms with Crippen LogP contribution in [0.3, 0.4) is 0 Å². The van der Waals surface area contributed by atoms with Crippen LogP contribution in [0.1, 0.15) is 335 Å². The summed E-state index contributed by atoms with van der Waals surface area (Å²) >= 11 is 0. The van der Waals surface area contributed by atoms with Crippen molar-refractivity contribution in [2.45, 2.75) is 378 Å². The first-order valence-electron chi connectivity index (χ1n) is 35.4. The highest BCUT2D eigenvalue weighted by atomic mass is 16.7. The molecule has 1 fully saturated rings. The predicted molar refractivity (Wildman–Crippen MR) is 347 cm³/mol. The van der Waals surface area contributed by atoms with Gasteiger partial charge in [0.15, 0.2) is 6.29 Å².